The average Bonchev–Trinajstić information content (AvgIpc) is 2.38. The van der Waals surface area contributed by atoms with Gasteiger partial charge in [-0.05, 0) is 31.4 Å². The molecule has 1 aromatic heterocycles. The number of nitrogens with zero attached hydrogens (tertiary/aromatic N) is 2. The van der Waals surface area contributed by atoms with Gasteiger partial charge in [-0.25, -0.2) is 0 Å². The molecule has 18 heavy (non-hydrogen) atoms. The van der Waals surface area contributed by atoms with Gasteiger partial charge in [0, 0.05) is 12.1 Å². The molecule has 1 aromatic rings. The highest BCUT2D eigenvalue weighted by Gasteiger charge is 2.14. The van der Waals surface area contributed by atoms with Gasteiger partial charge in [-0.15, -0.1) is 0 Å². The Morgan fingerprint density at radius 3 is 2.44 bits per heavy atom. The maximum atomic E-state index is 4.36. The van der Waals surface area contributed by atoms with Crippen LogP contribution in [0.1, 0.15) is 82.4 Å². The normalized spacial score (nSPS) is 12.6. The largest absolute Gasteiger partial charge is 0.159 e. The first kappa shape index (κ1) is 15.1. The summed E-state index contributed by atoms with van der Waals surface area (Å²) in [6.45, 7) is 6.68. The van der Waals surface area contributed by atoms with Gasteiger partial charge >= 0.3 is 0 Å². The van der Waals surface area contributed by atoms with Crippen molar-refractivity contribution in [3.63, 3.8) is 0 Å². The van der Waals surface area contributed by atoms with Crippen LogP contribution in [0, 0.1) is 6.92 Å². The Hall–Kier alpha value is -0.920. The third-order valence-electron chi connectivity index (χ3n) is 3.64. The first-order valence-electron chi connectivity index (χ1n) is 7.57. The fraction of sp³-hybridized carbons (Fsp3) is 0.750. The predicted molar refractivity (Wildman–Crippen MR) is 77.8 cm³/mol. The summed E-state index contributed by atoms with van der Waals surface area (Å²) in [5, 5.41) is 8.42. The van der Waals surface area contributed by atoms with Gasteiger partial charge in [0.25, 0.3) is 0 Å². The molecule has 102 valence electrons. The Kier molecular flexibility index (Phi) is 7.63. The van der Waals surface area contributed by atoms with Crippen molar-refractivity contribution in [1.82, 2.24) is 10.2 Å². The van der Waals surface area contributed by atoms with Crippen LogP contribution in [0.5, 0.6) is 0 Å². The van der Waals surface area contributed by atoms with E-state index < -0.39 is 0 Å². The van der Waals surface area contributed by atoms with E-state index in [1.54, 1.807) is 6.20 Å². The summed E-state index contributed by atoms with van der Waals surface area (Å²) in [5.41, 5.74) is 2.53. The molecule has 0 amide bonds. The van der Waals surface area contributed by atoms with Gasteiger partial charge < -0.3 is 0 Å². The number of aryl methyl sites for hydroxylation is 1. The van der Waals surface area contributed by atoms with Crippen molar-refractivity contribution in [3.8, 4) is 0 Å². The standard InChI is InChI=1S/C16H28N2/c1-4-6-7-8-9-11-15(10-5-2)16-14(3)12-13-17-18-16/h12-13,15H,4-11H2,1-3H3. The third kappa shape index (κ3) is 5.16. The van der Waals surface area contributed by atoms with Gasteiger partial charge in [0.15, 0.2) is 0 Å². The van der Waals surface area contributed by atoms with Crippen LogP contribution in [-0.2, 0) is 0 Å². The second kappa shape index (κ2) is 9.07. The van der Waals surface area contributed by atoms with Gasteiger partial charge in [0.05, 0.1) is 5.69 Å². The molecule has 0 bridgehead atoms. The molecular weight excluding hydrogens is 220 g/mol. The smallest absolute Gasteiger partial charge is 0.0691 e. The van der Waals surface area contributed by atoms with E-state index in [0.717, 1.165) is 0 Å². The molecular formula is C16H28N2. The van der Waals surface area contributed by atoms with Gasteiger partial charge in [-0.2, -0.15) is 10.2 Å². The highest BCUT2D eigenvalue weighted by Crippen LogP contribution is 2.27. The fourth-order valence-corrected chi connectivity index (χ4v) is 2.57. The van der Waals surface area contributed by atoms with Crippen LogP contribution in [0.25, 0.3) is 0 Å². The summed E-state index contributed by atoms with van der Waals surface area (Å²) in [6, 6.07) is 2.09. The molecule has 0 aliphatic carbocycles. The summed E-state index contributed by atoms with van der Waals surface area (Å²) in [5.74, 6) is 0.616. The first-order valence-corrected chi connectivity index (χ1v) is 7.57. The highest BCUT2D eigenvalue weighted by molar-refractivity contribution is 5.19. The molecule has 1 unspecified atom stereocenters. The first-order chi connectivity index (χ1) is 8.79. The van der Waals surface area contributed by atoms with Crippen LogP contribution in [0.3, 0.4) is 0 Å². The van der Waals surface area contributed by atoms with E-state index >= 15 is 0 Å². The molecule has 1 atom stereocenters. The van der Waals surface area contributed by atoms with Crippen LogP contribution >= 0.6 is 0 Å². The van der Waals surface area contributed by atoms with Crippen molar-refractivity contribution >= 4 is 0 Å². The second-order valence-electron chi connectivity index (χ2n) is 5.29. The third-order valence-corrected chi connectivity index (χ3v) is 3.64. The molecule has 2 nitrogen and oxygen atoms in total. The lowest BCUT2D eigenvalue weighted by Crippen LogP contribution is -2.05. The van der Waals surface area contributed by atoms with Gasteiger partial charge in [-0.3, -0.25) is 0 Å². The molecule has 2 heteroatoms. The minimum atomic E-state index is 0.616. The molecule has 0 aliphatic heterocycles. The molecule has 1 heterocycles. The lowest BCUT2D eigenvalue weighted by molar-refractivity contribution is 0.502. The van der Waals surface area contributed by atoms with E-state index in [0.29, 0.717) is 5.92 Å². The van der Waals surface area contributed by atoms with Gasteiger partial charge in [0.1, 0.15) is 0 Å². The van der Waals surface area contributed by atoms with Crippen LogP contribution in [-0.4, -0.2) is 10.2 Å². The van der Waals surface area contributed by atoms with Crippen LogP contribution in [0.4, 0.5) is 0 Å². The van der Waals surface area contributed by atoms with Crippen molar-refractivity contribution in [3.05, 3.63) is 23.5 Å². The van der Waals surface area contributed by atoms with E-state index in [1.807, 2.05) is 0 Å². The summed E-state index contributed by atoms with van der Waals surface area (Å²) >= 11 is 0. The molecule has 1 rings (SSSR count). The highest BCUT2D eigenvalue weighted by atomic mass is 15.1. The fourth-order valence-electron chi connectivity index (χ4n) is 2.57. The van der Waals surface area contributed by atoms with Crippen molar-refractivity contribution in [1.29, 1.82) is 0 Å². The monoisotopic (exact) mass is 248 g/mol. The van der Waals surface area contributed by atoms with E-state index in [4.69, 9.17) is 0 Å². The summed E-state index contributed by atoms with van der Waals surface area (Å²) in [7, 11) is 0. The summed E-state index contributed by atoms with van der Waals surface area (Å²) < 4.78 is 0. The molecule has 0 aromatic carbocycles. The number of rotatable bonds is 9. The van der Waals surface area contributed by atoms with E-state index in [1.165, 1.54) is 62.6 Å². The predicted octanol–water partition coefficient (Wildman–Crippen LogP) is 5.03. The molecule has 0 fully saturated rings. The quantitative estimate of drug-likeness (QED) is 0.573. The second-order valence-corrected chi connectivity index (χ2v) is 5.29. The number of aromatic nitrogens is 2. The molecule has 0 aliphatic rings. The Balaban J connectivity index is 2.47. The lowest BCUT2D eigenvalue weighted by Gasteiger charge is -2.16. The van der Waals surface area contributed by atoms with Crippen molar-refractivity contribution in [2.75, 3.05) is 0 Å². The Labute approximate surface area is 112 Å². The summed E-state index contributed by atoms with van der Waals surface area (Å²) in [4.78, 5) is 0. The molecule has 0 saturated carbocycles. The Bertz CT molecular complexity index is 323. The van der Waals surface area contributed by atoms with Gasteiger partial charge in [-0.1, -0.05) is 52.4 Å². The van der Waals surface area contributed by atoms with Crippen LogP contribution in [0.2, 0.25) is 0 Å². The maximum absolute atomic E-state index is 4.36. The minimum absolute atomic E-state index is 0.616. The molecule has 0 N–H and O–H groups in total. The topological polar surface area (TPSA) is 25.8 Å². The summed E-state index contributed by atoms with van der Waals surface area (Å²) in [6.07, 6.45) is 12.3. The zero-order valence-electron chi connectivity index (χ0n) is 12.3. The minimum Gasteiger partial charge on any atom is -0.159 e. The zero-order chi connectivity index (χ0) is 13.2. The Morgan fingerprint density at radius 1 is 1.00 bits per heavy atom. The van der Waals surface area contributed by atoms with Crippen molar-refractivity contribution < 1.29 is 0 Å². The van der Waals surface area contributed by atoms with E-state index in [2.05, 4.69) is 37.0 Å². The lowest BCUT2D eigenvalue weighted by atomic mass is 9.91. The van der Waals surface area contributed by atoms with Crippen molar-refractivity contribution in [2.24, 2.45) is 0 Å². The number of hydrogen-bond acceptors (Lipinski definition) is 2. The number of unbranched alkanes of at least 4 members (excludes halogenated alkanes) is 4. The molecule has 0 radical (unpaired) electrons. The molecule has 0 spiro atoms. The SMILES string of the molecule is CCCCCCCC(CCC)c1nnccc1C. The van der Waals surface area contributed by atoms with Gasteiger partial charge in [0.2, 0.25) is 0 Å². The van der Waals surface area contributed by atoms with E-state index in [-0.39, 0.29) is 0 Å². The average molecular weight is 248 g/mol. The van der Waals surface area contributed by atoms with Crippen LogP contribution in [0.15, 0.2) is 12.3 Å². The Morgan fingerprint density at radius 2 is 1.78 bits per heavy atom. The van der Waals surface area contributed by atoms with Crippen molar-refractivity contribution in [2.45, 2.75) is 78.1 Å². The molecule has 0 saturated heterocycles. The van der Waals surface area contributed by atoms with E-state index in [9.17, 15) is 0 Å². The number of hydrogen-bond donors (Lipinski definition) is 0. The zero-order valence-corrected chi connectivity index (χ0v) is 12.3. The van der Waals surface area contributed by atoms with Crippen LogP contribution < -0.4 is 0 Å². The maximum Gasteiger partial charge on any atom is 0.0691 e.